The monoisotopic (exact) mass is 489 g/mol. The van der Waals surface area contributed by atoms with Crippen LogP contribution in [0.25, 0.3) is 10.2 Å². The minimum absolute atomic E-state index is 0.262. The van der Waals surface area contributed by atoms with Crippen molar-refractivity contribution in [1.29, 1.82) is 0 Å². The van der Waals surface area contributed by atoms with Gasteiger partial charge in [-0.3, -0.25) is 4.79 Å². The molecule has 1 amide bonds. The van der Waals surface area contributed by atoms with Gasteiger partial charge in [-0.1, -0.05) is 35.1 Å². The van der Waals surface area contributed by atoms with E-state index in [2.05, 4.69) is 11.2 Å². The first-order chi connectivity index (χ1) is 16.8. The Kier molecular flexibility index (Phi) is 7.02. The van der Waals surface area contributed by atoms with E-state index in [1.54, 1.807) is 39.7 Å². The number of nitrogens with zero attached hydrogens (tertiary/aromatic N) is 3. The molecule has 7 nitrogen and oxygen atoms in total. The van der Waals surface area contributed by atoms with Gasteiger partial charge >= 0.3 is 0 Å². The molecule has 0 fully saturated rings. The number of hydrogen-bond donors (Lipinski definition) is 0. The van der Waals surface area contributed by atoms with Crippen molar-refractivity contribution >= 4 is 38.8 Å². The molecule has 180 valence electrons. The Morgan fingerprint density at radius 1 is 0.914 bits per heavy atom. The summed E-state index contributed by atoms with van der Waals surface area (Å²) < 4.78 is 17.3. The maximum Gasteiger partial charge on any atom is 0.281 e. The summed E-state index contributed by atoms with van der Waals surface area (Å²) in [5, 5.41) is 6.42. The van der Waals surface area contributed by atoms with E-state index in [1.165, 1.54) is 16.3 Å². The number of hydrazone groups is 1. The number of benzene rings is 3. The van der Waals surface area contributed by atoms with E-state index in [-0.39, 0.29) is 5.91 Å². The largest absolute Gasteiger partial charge is 0.493 e. The van der Waals surface area contributed by atoms with E-state index in [4.69, 9.17) is 19.2 Å². The van der Waals surface area contributed by atoms with Gasteiger partial charge in [-0.25, -0.2) is 4.98 Å². The summed E-state index contributed by atoms with van der Waals surface area (Å²) in [6, 6.07) is 15.3. The van der Waals surface area contributed by atoms with E-state index < -0.39 is 0 Å². The standard InChI is InChI=1S/C27H27N3O4S/c1-16-7-9-20(18(3)11-16)26(31)30(27-29-21-10-8-17(2)12-24(21)35-27)28-15-19-13-22(32-4)25(34-6)23(14-19)33-5/h7-15H,1-6H3/b28-15+. The maximum atomic E-state index is 13.7. The van der Waals surface area contributed by atoms with E-state index in [1.807, 2.05) is 51.1 Å². The molecule has 1 heterocycles. The topological polar surface area (TPSA) is 73.2 Å². The third-order valence-corrected chi connectivity index (χ3v) is 6.52. The highest BCUT2D eigenvalue weighted by atomic mass is 32.1. The molecular formula is C27H27N3O4S. The highest BCUT2D eigenvalue weighted by molar-refractivity contribution is 7.22. The van der Waals surface area contributed by atoms with Crippen LogP contribution in [0.15, 0.2) is 53.6 Å². The molecular weight excluding hydrogens is 462 g/mol. The van der Waals surface area contributed by atoms with Crippen molar-refractivity contribution in [3.8, 4) is 17.2 Å². The van der Waals surface area contributed by atoms with Crippen molar-refractivity contribution in [1.82, 2.24) is 4.98 Å². The van der Waals surface area contributed by atoms with Gasteiger partial charge in [0.15, 0.2) is 11.5 Å². The number of hydrogen-bond acceptors (Lipinski definition) is 7. The zero-order chi connectivity index (χ0) is 25.1. The Balaban J connectivity index is 1.81. The first-order valence-corrected chi connectivity index (χ1v) is 11.8. The zero-order valence-electron chi connectivity index (χ0n) is 20.6. The van der Waals surface area contributed by atoms with E-state index in [9.17, 15) is 4.79 Å². The normalized spacial score (nSPS) is 11.1. The van der Waals surface area contributed by atoms with Crippen LogP contribution in [-0.2, 0) is 0 Å². The van der Waals surface area contributed by atoms with Crippen LogP contribution in [0.2, 0.25) is 0 Å². The highest BCUT2D eigenvalue weighted by Crippen LogP contribution is 2.38. The lowest BCUT2D eigenvalue weighted by molar-refractivity contribution is 0.0987. The molecule has 0 saturated carbocycles. The molecule has 0 aliphatic heterocycles. The SMILES string of the molecule is COc1cc(/C=N/N(C(=O)c2ccc(C)cc2C)c2nc3ccc(C)cc3s2)cc(OC)c1OC. The summed E-state index contributed by atoms with van der Waals surface area (Å²) in [7, 11) is 4.65. The van der Waals surface area contributed by atoms with Crippen LogP contribution in [0.3, 0.4) is 0 Å². The first kappa shape index (κ1) is 24.2. The molecule has 35 heavy (non-hydrogen) atoms. The van der Waals surface area contributed by atoms with Crippen LogP contribution in [0.5, 0.6) is 17.2 Å². The van der Waals surface area contributed by atoms with Crippen LogP contribution in [0, 0.1) is 20.8 Å². The number of fused-ring (bicyclic) bond motifs is 1. The van der Waals surface area contributed by atoms with Crippen LogP contribution in [0.4, 0.5) is 5.13 Å². The van der Waals surface area contributed by atoms with Crippen molar-refractivity contribution < 1.29 is 19.0 Å². The third kappa shape index (κ3) is 4.97. The molecule has 0 aliphatic carbocycles. The van der Waals surface area contributed by atoms with Crippen molar-refractivity contribution in [3.63, 3.8) is 0 Å². The number of thiazole rings is 1. The van der Waals surface area contributed by atoms with Crippen molar-refractivity contribution in [3.05, 3.63) is 76.3 Å². The number of amides is 1. The fourth-order valence-electron chi connectivity index (χ4n) is 3.77. The molecule has 0 aliphatic rings. The Morgan fingerprint density at radius 2 is 1.57 bits per heavy atom. The summed E-state index contributed by atoms with van der Waals surface area (Å²) in [6.07, 6.45) is 1.59. The summed E-state index contributed by atoms with van der Waals surface area (Å²) in [6.45, 7) is 5.95. The lowest BCUT2D eigenvalue weighted by atomic mass is 10.1. The second-order valence-corrected chi connectivity index (χ2v) is 9.12. The number of methoxy groups -OCH3 is 3. The van der Waals surface area contributed by atoms with E-state index >= 15 is 0 Å². The fourth-order valence-corrected chi connectivity index (χ4v) is 4.79. The molecule has 0 saturated heterocycles. The smallest absolute Gasteiger partial charge is 0.281 e. The van der Waals surface area contributed by atoms with Crippen LogP contribution >= 0.6 is 11.3 Å². The number of rotatable bonds is 7. The maximum absolute atomic E-state index is 13.7. The zero-order valence-corrected chi connectivity index (χ0v) is 21.4. The van der Waals surface area contributed by atoms with Crippen molar-refractivity contribution in [2.75, 3.05) is 26.3 Å². The van der Waals surface area contributed by atoms with Gasteiger partial charge in [0.1, 0.15) is 0 Å². The number of carbonyl (C=O) groups is 1. The first-order valence-electron chi connectivity index (χ1n) is 11.0. The number of aromatic nitrogens is 1. The molecule has 0 N–H and O–H groups in total. The summed E-state index contributed by atoms with van der Waals surface area (Å²) >= 11 is 1.42. The minimum Gasteiger partial charge on any atom is -0.493 e. The van der Waals surface area contributed by atoms with Gasteiger partial charge in [0.25, 0.3) is 5.91 Å². The summed E-state index contributed by atoms with van der Waals surface area (Å²) in [4.78, 5) is 18.4. The average molecular weight is 490 g/mol. The Morgan fingerprint density at radius 3 is 2.20 bits per heavy atom. The Labute approximate surface area is 208 Å². The number of carbonyl (C=O) groups excluding carboxylic acids is 1. The van der Waals surface area contributed by atoms with Gasteiger partial charge in [0, 0.05) is 11.1 Å². The summed E-state index contributed by atoms with van der Waals surface area (Å²) in [5.74, 6) is 1.21. The van der Waals surface area contributed by atoms with Gasteiger partial charge in [-0.15, -0.1) is 0 Å². The molecule has 8 heteroatoms. The molecule has 0 unspecified atom stereocenters. The lowest BCUT2D eigenvalue weighted by Crippen LogP contribution is -2.26. The summed E-state index contributed by atoms with van der Waals surface area (Å²) in [5.41, 5.74) is 5.14. The van der Waals surface area contributed by atoms with Gasteiger partial charge in [0.05, 0.1) is 37.8 Å². The number of aryl methyl sites for hydroxylation is 3. The van der Waals surface area contributed by atoms with Crippen LogP contribution in [-0.4, -0.2) is 38.4 Å². The van der Waals surface area contributed by atoms with E-state index in [0.29, 0.717) is 33.5 Å². The molecule has 3 aromatic carbocycles. The predicted octanol–water partition coefficient (Wildman–Crippen LogP) is 5.93. The lowest BCUT2D eigenvalue weighted by Gasteiger charge is -2.16. The Hall–Kier alpha value is -3.91. The second kappa shape index (κ2) is 10.1. The quantitative estimate of drug-likeness (QED) is 0.238. The fraction of sp³-hybridized carbons (Fsp3) is 0.222. The third-order valence-electron chi connectivity index (χ3n) is 5.53. The Bertz CT molecular complexity index is 1400. The highest BCUT2D eigenvalue weighted by Gasteiger charge is 2.23. The van der Waals surface area contributed by atoms with Gasteiger partial charge < -0.3 is 14.2 Å². The van der Waals surface area contributed by atoms with E-state index in [0.717, 1.165) is 26.9 Å². The molecule has 0 atom stereocenters. The molecule has 1 aromatic heterocycles. The van der Waals surface area contributed by atoms with Gasteiger partial charge in [-0.2, -0.15) is 10.1 Å². The minimum atomic E-state index is -0.262. The molecule has 4 rings (SSSR count). The second-order valence-electron chi connectivity index (χ2n) is 8.11. The number of anilines is 1. The average Bonchev–Trinajstić information content (AvgIpc) is 3.25. The van der Waals surface area contributed by atoms with Crippen molar-refractivity contribution in [2.24, 2.45) is 5.10 Å². The molecule has 0 radical (unpaired) electrons. The number of ether oxygens (including phenoxy) is 3. The molecule has 0 bridgehead atoms. The molecule has 0 spiro atoms. The van der Waals surface area contributed by atoms with Crippen LogP contribution in [0.1, 0.15) is 32.6 Å². The van der Waals surface area contributed by atoms with Gasteiger partial charge in [0.2, 0.25) is 10.9 Å². The van der Waals surface area contributed by atoms with Crippen LogP contribution < -0.4 is 19.2 Å². The predicted molar refractivity (Wildman–Crippen MR) is 141 cm³/mol. The molecule has 4 aromatic rings. The van der Waals surface area contributed by atoms with Gasteiger partial charge in [-0.05, 0) is 62.2 Å². The van der Waals surface area contributed by atoms with Crippen molar-refractivity contribution in [2.45, 2.75) is 20.8 Å².